The molecule has 1 aromatic carbocycles. The van der Waals surface area contributed by atoms with Crippen molar-refractivity contribution < 1.29 is 9.50 Å². The summed E-state index contributed by atoms with van der Waals surface area (Å²) in [5.74, 6) is -0.228. The Morgan fingerprint density at radius 3 is 2.59 bits per heavy atom. The molecule has 0 bridgehead atoms. The minimum Gasteiger partial charge on any atom is -0.388 e. The van der Waals surface area contributed by atoms with Crippen molar-refractivity contribution in [2.45, 2.75) is 26.9 Å². The minimum absolute atomic E-state index is 0.228. The Balaban J connectivity index is 2.46. The highest BCUT2D eigenvalue weighted by Crippen LogP contribution is 2.32. The van der Waals surface area contributed by atoms with Crippen molar-refractivity contribution in [1.82, 2.24) is 4.98 Å². The van der Waals surface area contributed by atoms with E-state index >= 15 is 0 Å². The van der Waals surface area contributed by atoms with Gasteiger partial charge in [0, 0.05) is 5.56 Å². The lowest BCUT2D eigenvalue weighted by Crippen LogP contribution is -1.88. The summed E-state index contributed by atoms with van der Waals surface area (Å²) in [4.78, 5) is 5.20. The molecule has 1 N–H and O–H groups in total. The van der Waals surface area contributed by atoms with Gasteiger partial charge in [-0.25, -0.2) is 9.37 Å². The number of hydrogen-bond acceptors (Lipinski definition) is 3. The normalized spacial score (nSPS) is 12.8. The summed E-state index contributed by atoms with van der Waals surface area (Å²) in [7, 11) is 0. The van der Waals surface area contributed by atoms with Gasteiger partial charge >= 0.3 is 0 Å². The van der Waals surface area contributed by atoms with E-state index in [9.17, 15) is 9.50 Å². The van der Waals surface area contributed by atoms with Gasteiger partial charge in [0.05, 0.1) is 16.7 Å². The van der Waals surface area contributed by atoms with Crippen molar-refractivity contribution in [2.24, 2.45) is 0 Å². The number of benzene rings is 1. The standard InChI is InChI=1S/C13H14FNOS/c1-7-4-5-10(6-11(7)14)13-15-8(2)12(17-13)9(3)16/h4-6,9,16H,1-3H3. The summed E-state index contributed by atoms with van der Waals surface area (Å²) in [6.07, 6.45) is -0.531. The van der Waals surface area contributed by atoms with E-state index < -0.39 is 6.10 Å². The highest BCUT2D eigenvalue weighted by atomic mass is 32.1. The molecule has 0 spiro atoms. The van der Waals surface area contributed by atoms with Crippen molar-refractivity contribution in [3.63, 3.8) is 0 Å². The molecule has 1 atom stereocenters. The summed E-state index contributed by atoms with van der Waals surface area (Å²) in [5.41, 5.74) is 2.19. The molecule has 2 rings (SSSR count). The van der Waals surface area contributed by atoms with E-state index in [1.165, 1.54) is 17.4 Å². The van der Waals surface area contributed by atoms with Gasteiger partial charge in [-0.05, 0) is 32.4 Å². The highest BCUT2D eigenvalue weighted by Gasteiger charge is 2.13. The third-order valence-corrected chi connectivity index (χ3v) is 4.01. The SMILES string of the molecule is Cc1ccc(-c2nc(C)c(C(C)O)s2)cc1F. The van der Waals surface area contributed by atoms with E-state index in [4.69, 9.17) is 0 Å². The van der Waals surface area contributed by atoms with E-state index in [1.54, 1.807) is 19.9 Å². The van der Waals surface area contributed by atoms with Gasteiger partial charge in [0.1, 0.15) is 10.8 Å². The average molecular weight is 251 g/mol. The number of aromatic nitrogens is 1. The van der Waals surface area contributed by atoms with Crippen LogP contribution in [0.25, 0.3) is 10.6 Å². The van der Waals surface area contributed by atoms with Crippen LogP contribution >= 0.6 is 11.3 Å². The van der Waals surface area contributed by atoms with Crippen molar-refractivity contribution in [3.05, 3.63) is 40.2 Å². The number of aliphatic hydroxyl groups excluding tert-OH is 1. The monoisotopic (exact) mass is 251 g/mol. The van der Waals surface area contributed by atoms with Crippen LogP contribution in [0.15, 0.2) is 18.2 Å². The first-order chi connectivity index (χ1) is 7.99. The number of aryl methyl sites for hydroxylation is 2. The quantitative estimate of drug-likeness (QED) is 0.884. The minimum atomic E-state index is -0.531. The molecular formula is C13H14FNOS. The van der Waals surface area contributed by atoms with Crippen LogP contribution in [0.3, 0.4) is 0 Å². The predicted molar refractivity (Wildman–Crippen MR) is 67.6 cm³/mol. The number of nitrogens with zero attached hydrogens (tertiary/aromatic N) is 1. The van der Waals surface area contributed by atoms with Crippen LogP contribution in [0, 0.1) is 19.7 Å². The van der Waals surface area contributed by atoms with Crippen LogP contribution < -0.4 is 0 Å². The predicted octanol–water partition coefficient (Wildman–Crippen LogP) is 3.62. The van der Waals surface area contributed by atoms with Crippen molar-refractivity contribution in [3.8, 4) is 10.6 Å². The van der Waals surface area contributed by atoms with E-state index in [2.05, 4.69) is 4.98 Å². The molecule has 0 aliphatic heterocycles. The number of halogens is 1. The van der Waals surface area contributed by atoms with Gasteiger partial charge in [-0.3, -0.25) is 0 Å². The molecule has 0 aliphatic rings. The van der Waals surface area contributed by atoms with Crippen molar-refractivity contribution >= 4 is 11.3 Å². The third kappa shape index (κ3) is 2.37. The Morgan fingerprint density at radius 2 is 2.06 bits per heavy atom. The Hall–Kier alpha value is -1.26. The molecule has 0 radical (unpaired) electrons. The molecule has 0 saturated heterocycles. The highest BCUT2D eigenvalue weighted by molar-refractivity contribution is 7.15. The summed E-state index contributed by atoms with van der Waals surface area (Å²) in [6.45, 7) is 5.29. The molecule has 1 heterocycles. The Bertz CT molecular complexity index is 548. The maximum absolute atomic E-state index is 13.5. The number of rotatable bonds is 2. The van der Waals surface area contributed by atoms with Crippen LogP contribution in [0.5, 0.6) is 0 Å². The lowest BCUT2D eigenvalue weighted by Gasteiger charge is -2.00. The van der Waals surface area contributed by atoms with Crippen LogP contribution in [0.1, 0.15) is 29.2 Å². The molecule has 2 nitrogen and oxygen atoms in total. The molecule has 1 aromatic heterocycles. The largest absolute Gasteiger partial charge is 0.388 e. The maximum Gasteiger partial charge on any atom is 0.126 e. The lowest BCUT2D eigenvalue weighted by molar-refractivity contribution is 0.202. The fourth-order valence-corrected chi connectivity index (χ4v) is 2.64. The first-order valence-corrected chi connectivity index (χ1v) is 6.22. The molecule has 0 amide bonds. The Morgan fingerprint density at radius 1 is 1.35 bits per heavy atom. The van der Waals surface area contributed by atoms with E-state index in [1.807, 2.05) is 13.0 Å². The van der Waals surface area contributed by atoms with Crippen LogP contribution in [-0.4, -0.2) is 10.1 Å². The van der Waals surface area contributed by atoms with Crippen molar-refractivity contribution in [2.75, 3.05) is 0 Å². The van der Waals surface area contributed by atoms with Crippen LogP contribution in [0.2, 0.25) is 0 Å². The first kappa shape index (κ1) is 12.2. The van der Waals surface area contributed by atoms with Crippen LogP contribution in [0.4, 0.5) is 4.39 Å². The molecule has 0 fully saturated rings. The molecule has 1 unspecified atom stereocenters. The third-order valence-electron chi connectivity index (χ3n) is 2.63. The molecular weight excluding hydrogens is 237 g/mol. The van der Waals surface area contributed by atoms with E-state index in [0.29, 0.717) is 5.56 Å². The van der Waals surface area contributed by atoms with Gasteiger partial charge in [-0.1, -0.05) is 12.1 Å². The van der Waals surface area contributed by atoms with Gasteiger partial charge in [0.2, 0.25) is 0 Å². The summed E-state index contributed by atoms with van der Waals surface area (Å²) in [6, 6.07) is 5.07. The smallest absolute Gasteiger partial charge is 0.126 e. The Labute approximate surface area is 104 Å². The first-order valence-electron chi connectivity index (χ1n) is 5.41. The molecule has 0 aliphatic carbocycles. The second-order valence-corrected chi connectivity index (χ2v) is 5.14. The van der Waals surface area contributed by atoms with E-state index in [-0.39, 0.29) is 5.82 Å². The van der Waals surface area contributed by atoms with Gasteiger partial charge in [-0.2, -0.15) is 0 Å². The number of aliphatic hydroxyl groups is 1. The van der Waals surface area contributed by atoms with Gasteiger partial charge in [0.15, 0.2) is 0 Å². The fraction of sp³-hybridized carbons (Fsp3) is 0.308. The zero-order valence-corrected chi connectivity index (χ0v) is 10.8. The van der Waals surface area contributed by atoms with Gasteiger partial charge in [-0.15, -0.1) is 11.3 Å². The molecule has 17 heavy (non-hydrogen) atoms. The second-order valence-electron chi connectivity index (χ2n) is 4.11. The maximum atomic E-state index is 13.5. The van der Waals surface area contributed by atoms with Crippen molar-refractivity contribution in [1.29, 1.82) is 0 Å². The fourth-order valence-electron chi connectivity index (χ4n) is 1.65. The summed E-state index contributed by atoms with van der Waals surface area (Å²) >= 11 is 1.41. The summed E-state index contributed by atoms with van der Waals surface area (Å²) in [5, 5.41) is 10.3. The number of hydrogen-bond donors (Lipinski definition) is 1. The Kier molecular flexibility index (Phi) is 3.26. The zero-order chi connectivity index (χ0) is 12.6. The molecule has 90 valence electrons. The van der Waals surface area contributed by atoms with Crippen LogP contribution in [-0.2, 0) is 0 Å². The zero-order valence-electron chi connectivity index (χ0n) is 9.99. The van der Waals surface area contributed by atoms with E-state index in [0.717, 1.165) is 21.1 Å². The molecule has 4 heteroatoms. The molecule has 0 saturated carbocycles. The summed E-state index contributed by atoms with van der Waals surface area (Å²) < 4.78 is 13.5. The lowest BCUT2D eigenvalue weighted by atomic mass is 10.1. The molecule has 2 aromatic rings. The van der Waals surface area contributed by atoms with Gasteiger partial charge in [0.25, 0.3) is 0 Å². The topological polar surface area (TPSA) is 33.1 Å². The number of thiazole rings is 1. The average Bonchev–Trinajstić information content (AvgIpc) is 2.64. The second kappa shape index (κ2) is 4.55. The van der Waals surface area contributed by atoms with Gasteiger partial charge < -0.3 is 5.11 Å².